The average Bonchev–Trinajstić information content (AvgIpc) is 3.30. The van der Waals surface area contributed by atoms with Crippen LogP contribution in [0.2, 0.25) is 0 Å². The van der Waals surface area contributed by atoms with E-state index in [0.717, 1.165) is 35.7 Å². The fraction of sp³-hybridized carbons (Fsp3) is 0.353. The molecule has 24 heavy (non-hydrogen) atoms. The molecular formula is C17H19N5OS. The summed E-state index contributed by atoms with van der Waals surface area (Å²) in [6.45, 7) is 0.449. The maximum absolute atomic E-state index is 13.2. The molecule has 0 N–H and O–H groups in total. The molecule has 0 radical (unpaired) electrons. The fourth-order valence-electron chi connectivity index (χ4n) is 3.20. The molecule has 0 aromatic carbocycles. The van der Waals surface area contributed by atoms with Gasteiger partial charge in [-0.15, -0.1) is 11.3 Å². The summed E-state index contributed by atoms with van der Waals surface area (Å²) in [5, 5.41) is 5.10. The maximum Gasteiger partial charge on any atom is 0.257 e. The lowest BCUT2D eigenvalue weighted by atomic mass is 10.1. The lowest BCUT2D eigenvalue weighted by Gasteiger charge is -2.18. The number of thiophene rings is 1. The van der Waals surface area contributed by atoms with Crippen molar-refractivity contribution in [3.63, 3.8) is 0 Å². The van der Waals surface area contributed by atoms with Gasteiger partial charge in [0.1, 0.15) is 17.2 Å². The second-order valence-corrected chi connectivity index (χ2v) is 7.17. The second-order valence-electron chi connectivity index (χ2n) is 6.09. The van der Waals surface area contributed by atoms with Gasteiger partial charge < -0.3 is 9.47 Å². The van der Waals surface area contributed by atoms with Gasteiger partial charge in [0, 0.05) is 31.4 Å². The van der Waals surface area contributed by atoms with Gasteiger partial charge in [-0.3, -0.25) is 9.48 Å². The van der Waals surface area contributed by atoms with Crippen molar-refractivity contribution in [1.29, 1.82) is 0 Å². The zero-order valence-corrected chi connectivity index (χ0v) is 14.6. The minimum absolute atomic E-state index is 0.0566. The average molecular weight is 341 g/mol. The summed E-state index contributed by atoms with van der Waals surface area (Å²) < 4.78 is 3.75. The summed E-state index contributed by atoms with van der Waals surface area (Å²) in [7, 11) is 3.67. The van der Waals surface area contributed by atoms with Crippen molar-refractivity contribution in [2.75, 3.05) is 7.05 Å². The van der Waals surface area contributed by atoms with E-state index in [-0.39, 0.29) is 5.91 Å². The molecule has 0 saturated carbocycles. The van der Waals surface area contributed by atoms with E-state index in [9.17, 15) is 4.79 Å². The maximum atomic E-state index is 13.2. The van der Waals surface area contributed by atoms with Crippen LogP contribution in [0.3, 0.4) is 0 Å². The first-order valence-corrected chi connectivity index (χ1v) is 8.83. The van der Waals surface area contributed by atoms with Crippen LogP contribution >= 0.6 is 11.3 Å². The number of amides is 1. The first-order chi connectivity index (χ1) is 11.6. The summed E-state index contributed by atoms with van der Waals surface area (Å²) >= 11 is 1.75. The van der Waals surface area contributed by atoms with Crippen LogP contribution in [0.4, 0.5) is 0 Å². The molecule has 4 rings (SSSR count). The molecule has 6 nitrogen and oxygen atoms in total. The largest absolute Gasteiger partial charge is 0.334 e. The summed E-state index contributed by atoms with van der Waals surface area (Å²) in [4.78, 5) is 20.5. The second kappa shape index (κ2) is 5.90. The molecule has 1 aliphatic carbocycles. The van der Waals surface area contributed by atoms with E-state index in [1.165, 1.54) is 16.8 Å². The van der Waals surface area contributed by atoms with Crippen molar-refractivity contribution in [3.05, 3.63) is 52.7 Å². The predicted molar refractivity (Wildman–Crippen MR) is 92.5 cm³/mol. The molecule has 7 heteroatoms. The number of rotatable bonds is 4. The van der Waals surface area contributed by atoms with Crippen molar-refractivity contribution in [3.8, 4) is 5.00 Å². The standard InChI is InChI=1S/C17H19N5OS/c1-20(10-14-18-11-19-21(14)2)16(23)15-12-6-5-7-13(12)24-17(15)22-8-3-4-9-22/h3-4,8-9,11H,5-7,10H2,1-2H3. The highest BCUT2D eigenvalue weighted by atomic mass is 32.1. The third kappa shape index (κ3) is 2.45. The summed E-state index contributed by atoms with van der Waals surface area (Å²) in [6, 6.07) is 3.98. The molecular weight excluding hydrogens is 322 g/mol. The van der Waals surface area contributed by atoms with Gasteiger partial charge in [0.05, 0.1) is 12.1 Å². The van der Waals surface area contributed by atoms with Gasteiger partial charge in [-0.25, -0.2) is 4.98 Å². The smallest absolute Gasteiger partial charge is 0.257 e. The number of carbonyl (C=O) groups excluding carboxylic acids is 1. The van der Waals surface area contributed by atoms with Crippen molar-refractivity contribution in [2.45, 2.75) is 25.8 Å². The van der Waals surface area contributed by atoms with Crippen LogP contribution in [0.1, 0.15) is 33.0 Å². The summed E-state index contributed by atoms with van der Waals surface area (Å²) in [6.07, 6.45) is 8.73. The molecule has 3 heterocycles. The monoisotopic (exact) mass is 341 g/mol. The molecule has 0 atom stereocenters. The van der Waals surface area contributed by atoms with Gasteiger partial charge >= 0.3 is 0 Å². The van der Waals surface area contributed by atoms with E-state index >= 15 is 0 Å². The van der Waals surface area contributed by atoms with Crippen molar-refractivity contribution >= 4 is 17.2 Å². The molecule has 0 bridgehead atoms. The van der Waals surface area contributed by atoms with E-state index in [4.69, 9.17) is 0 Å². The third-order valence-electron chi connectivity index (χ3n) is 4.49. The van der Waals surface area contributed by atoms with E-state index in [2.05, 4.69) is 10.1 Å². The lowest BCUT2D eigenvalue weighted by Crippen LogP contribution is -2.28. The van der Waals surface area contributed by atoms with E-state index in [1.807, 2.05) is 43.2 Å². The Hall–Kier alpha value is -2.41. The first kappa shape index (κ1) is 15.1. The third-order valence-corrected chi connectivity index (χ3v) is 5.79. The van der Waals surface area contributed by atoms with Gasteiger partial charge in [0.2, 0.25) is 0 Å². The van der Waals surface area contributed by atoms with Crippen LogP contribution in [0.5, 0.6) is 0 Å². The highest BCUT2D eigenvalue weighted by Gasteiger charge is 2.29. The van der Waals surface area contributed by atoms with Crippen LogP contribution < -0.4 is 0 Å². The van der Waals surface area contributed by atoms with E-state index in [1.54, 1.807) is 20.9 Å². The van der Waals surface area contributed by atoms with Gasteiger partial charge in [-0.05, 0) is 37.0 Å². The highest BCUT2D eigenvalue weighted by molar-refractivity contribution is 7.15. The molecule has 0 fully saturated rings. The van der Waals surface area contributed by atoms with E-state index in [0.29, 0.717) is 6.54 Å². The van der Waals surface area contributed by atoms with Crippen LogP contribution in [0.25, 0.3) is 5.00 Å². The lowest BCUT2D eigenvalue weighted by molar-refractivity contribution is 0.0779. The summed E-state index contributed by atoms with van der Waals surface area (Å²) in [5.74, 6) is 0.835. The Morgan fingerprint density at radius 2 is 2.12 bits per heavy atom. The van der Waals surface area contributed by atoms with Gasteiger partial charge in [-0.2, -0.15) is 5.10 Å². The molecule has 1 amide bonds. The number of hydrogen-bond donors (Lipinski definition) is 0. The highest BCUT2D eigenvalue weighted by Crippen LogP contribution is 2.38. The molecule has 3 aromatic rings. The van der Waals surface area contributed by atoms with Crippen LogP contribution in [-0.4, -0.2) is 37.2 Å². The fourth-order valence-corrected chi connectivity index (χ4v) is 4.55. The van der Waals surface area contributed by atoms with Gasteiger partial charge in [0.15, 0.2) is 0 Å². The van der Waals surface area contributed by atoms with Crippen LogP contribution in [-0.2, 0) is 26.4 Å². The molecule has 0 spiro atoms. The van der Waals surface area contributed by atoms with E-state index < -0.39 is 0 Å². The summed E-state index contributed by atoms with van der Waals surface area (Å²) in [5.41, 5.74) is 2.09. The Labute approximate surface area is 144 Å². The Morgan fingerprint density at radius 3 is 2.83 bits per heavy atom. The Balaban J connectivity index is 1.70. The molecule has 0 aliphatic heterocycles. The van der Waals surface area contributed by atoms with Gasteiger partial charge in [0.25, 0.3) is 5.91 Å². The predicted octanol–water partition coefficient (Wildman–Crippen LogP) is 2.43. The minimum Gasteiger partial charge on any atom is -0.334 e. The molecule has 1 aliphatic rings. The zero-order valence-electron chi connectivity index (χ0n) is 13.8. The Morgan fingerprint density at radius 1 is 1.33 bits per heavy atom. The Kier molecular flexibility index (Phi) is 3.72. The molecule has 3 aromatic heterocycles. The number of carbonyl (C=O) groups is 1. The minimum atomic E-state index is 0.0566. The number of nitrogens with zero attached hydrogens (tertiary/aromatic N) is 5. The molecule has 0 saturated heterocycles. The normalized spacial score (nSPS) is 13.2. The zero-order chi connectivity index (χ0) is 16.7. The van der Waals surface area contributed by atoms with Crippen LogP contribution in [0.15, 0.2) is 30.9 Å². The number of aromatic nitrogens is 4. The Bertz CT molecular complexity index is 877. The van der Waals surface area contributed by atoms with Crippen molar-refractivity contribution in [2.24, 2.45) is 7.05 Å². The SMILES string of the molecule is CN(Cc1ncnn1C)C(=O)c1c(-n2cccc2)sc2c1CCC2. The first-order valence-electron chi connectivity index (χ1n) is 8.01. The molecule has 0 unspecified atom stereocenters. The topological polar surface area (TPSA) is 56.0 Å². The number of fused-ring (bicyclic) bond motifs is 1. The number of hydrogen-bond acceptors (Lipinski definition) is 4. The van der Waals surface area contributed by atoms with Gasteiger partial charge in [-0.1, -0.05) is 0 Å². The quantitative estimate of drug-likeness (QED) is 0.732. The van der Waals surface area contributed by atoms with Crippen LogP contribution in [0, 0.1) is 0 Å². The number of aryl methyl sites for hydroxylation is 2. The molecule has 124 valence electrons. The van der Waals surface area contributed by atoms with Crippen molar-refractivity contribution in [1.82, 2.24) is 24.2 Å². The van der Waals surface area contributed by atoms with Crippen molar-refractivity contribution < 1.29 is 4.79 Å².